The number of hydrogen-bond acceptors (Lipinski definition) is 5. The average molecular weight is 238 g/mol. The summed E-state index contributed by atoms with van der Waals surface area (Å²) in [6, 6.07) is 4.99. The minimum Gasteiger partial charge on any atom is -0.502 e. The molecule has 0 aliphatic rings. The first-order chi connectivity index (χ1) is 8.12. The first-order valence-electron chi connectivity index (χ1n) is 4.83. The molecule has 0 unspecified atom stereocenters. The van der Waals surface area contributed by atoms with Crippen molar-refractivity contribution in [3.8, 4) is 11.5 Å². The molecule has 0 aliphatic heterocycles. The molecule has 0 bridgehead atoms. The molecule has 0 fully saturated rings. The third-order valence-corrected chi connectivity index (χ3v) is 2.11. The number of aliphatic hydroxyl groups excluding tert-OH is 1. The standard InChI is InChI=1S/C12H14O5/c1-15-10-5-4-8(7-11(10)16-2)6-9(13)12(14)17-3/h4-7,13H,1-3H3. The second-order valence-corrected chi connectivity index (χ2v) is 3.14. The van der Waals surface area contributed by atoms with E-state index in [4.69, 9.17) is 9.47 Å². The topological polar surface area (TPSA) is 65.0 Å². The average Bonchev–Trinajstić information content (AvgIpc) is 2.37. The number of carbonyl (C=O) groups is 1. The highest BCUT2D eigenvalue weighted by Crippen LogP contribution is 2.28. The molecular weight excluding hydrogens is 224 g/mol. The van der Waals surface area contributed by atoms with Crippen molar-refractivity contribution in [2.24, 2.45) is 0 Å². The molecule has 1 N–H and O–H groups in total. The molecule has 1 rings (SSSR count). The zero-order valence-electron chi connectivity index (χ0n) is 9.89. The number of methoxy groups -OCH3 is 3. The Hall–Kier alpha value is -2.17. The largest absolute Gasteiger partial charge is 0.502 e. The Morgan fingerprint density at radius 2 is 1.82 bits per heavy atom. The SMILES string of the molecule is COC(=O)C(O)=Cc1ccc(OC)c(OC)c1. The fraction of sp³-hybridized carbons (Fsp3) is 0.250. The van der Waals surface area contributed by atoms with Crippen molar-refractivity contribution in [3.63, 3.8) is 0 Å². The van der Waals surface area contributed by atoms with Crippen molar-refractivity contribution < 1.29 is 24.1 Å². The summed E-state index contributed by atoms with van der Waals surface area (Å²) in [7, 11) is 4.23. The maximum atomic E-state index is 11.0. The van der Waals surface area contributed by atoms with Crippen LogP contribution < -0.4 is 9.47 Å². The fourth-order valence-electron chi connectivity index (χ4n) is 1.26. The monoisotopic (exact) mass is 238 g/mol. The molecule has 0 spiro atoms. The third kappa shape index (κ3) is 3.14. The Bertz CT molecular complexity index is 437. The predicted molar refractivity (Wildman–Crippen MR) is 62.2 cm³/mol. The molecule has 0 amide bonds. The van der Waals surface area contributed by atoms with Gasteiger partial charge in [0.1, 0.15) is 0 Å². The van der Waals surface area contributed by atoms with E-state index in [9.17, 15) is 9.90 Å². The van der Waals surface area contributed by atoms with Crippen LogP contribution in [0.2, 0.25) is 0 Å². The molecule has 5 nitrogen and oxygen atoms in total. The van der Waals surface area contributed by atoms with Crippen LogP contribution >= 0.6 is 0 Å². The molecule has 0 radical (unpaired) electrons. The van der Waals surface area contributed by atoms with Crippen LogP contribution in [0.1, 0.15) is 5.56 Å². The number of ether oxygens (including phenoxy) is 3. The van der Waals surface area contributed by atoms with E-state index < -0.39 is 11.7 Å². The normalized spacial score (nSPS) is 10.9. The van der Waals surface area contributed by atoms with Gasteiger partial charge in [0.05, 0.1) is 21.3 Å². The minimum absolute atomic E-state index is 0.472. The molecule has 0 atom stereocenters. The minimum atomic E-state index is -0.792. The van der Waals surface area contributed by atoms with Gasteiger partial charge in [-0.25, -0.2) is 4.79 Å². The first-order valence-corrected chi connectivity index (χ1v) is 4.83. The highest BCUT2D eigenvalue weighted by atomic mass is 16.5. The number of carbonyl (C=O) groups excluding carboxylic acids is 1. The van der Waals surface area contributed by atoms with E-state index in [-0.39, 0.29) is 0 Å². The Balaban J connectivity index is 3.04. The molecule has 0 aromatic heterocycles. The van der Waals surface area contributed by atoms with E-state index in [1.165, 1.54) is 27.4 Å². The predicted octanol–water partition coefficient (Wildman–Crippen LogP) is 1.78. The van der Waals surface area contributed by atoms with Crippen LogP contribution in [0.4, 0.5) is 0 Å². The van der Waals surface area contributed by atoms with E-state index in [1.54, 1.807) is 18.2 Å². The van der Waals surface area contributed by atoms with E-state index >= 15 is 0 Å². The van der Waals surface area contributed by atoms with Crippen LogP contribution in [0.25, 0.3) is 6.08 Å². The van der Waals surface area contributed by atoms with Crippen LogP contribution in [-0.2, 0) is 9.53 Å². The van der Waals surface area contributed by atoms with Gasteiger partial charge in [0, 0.05) is 0 Å². The van der Waals surface area contributed by atoms with Gasteiger partial charge >= 0.3 is 5.97 Å². The molecule has 0 saturated carbocycles. The second-order valence-electron chi connectivity index (χ2n) is 3.14. The molecule has 1 aromatic carbocycles. The van der Waals surface area contributed by atoms with Crippen molar-refractivity contribution in [1.82, 2.24) is 0 Å². The quantitative estimate of drug-likeness (QED) is 0.492. The van der Waals surface area contributed by atoms with Crippen LogP contribution in [0.5, 0.6) is 11.5 Å². The number of hydrogen-bond donors (Lipinski definition) is 1. The molecule has 17 heavy (non-hydrogen) atoms. The van der Waals surface area contributed by atoms with Gasteiger partial charge in [-0.1, -0.05) is 6.07 Å². The van der Waals surface area contributed by atoms with Gasteiger partial charge in [-0.3, -0.25) is 0 Å². The fourth-order valence-corrected chi connectivity index (χ4v) is 1.26. The number of esters is 1. The number of rotatable bonds is 4. The molecule has 92 valence electrons. The Labute approximate surface area is 99.2 Å². The molecule has 1 aromatic rings. The summed E-state index contributed by atoms with van der Waals surface area (Å²) in [5.41, 5.74) is 0.602. The van der Waals surface area contributed by atoms with Crippen molar-refractivity contribution in [2.45, 2.75) is 0 Å². The second kappa shape index (κ2) is 5.79. The Kier molecular flexibility index (Phi) is 4.39. The van der Waals surface area contributed by atoms with Gasteiger partial charge in [0.15, 0.2) is 11.5 Å². The lowest BCUT2D eigenvalue weighted by Crippen LogP contribution is -2.03. The lowest BCUT2D eigenvalue weighted by Gasteiger charge is -2.07. The molecule has 0 aliphatic carbocycles. The summed E-state index contributed by atoms with van der Waals surface area (Å²) >= 11 is 0. The lowest BCUT2D eigenvalue weighted by molar-refractivity contribution is -0.138. The summed E-state index contributed by atoms with van der Waals surface area (Å²) in [6.45, 7) is 0. The maximum Gasteiger partial charge on any atom is 0.373 e. The van der Waals surface area contributed by atoms with Crippen molar-refractivity contribution in [2.75, 3.05) is 21.3 Å². The third-order valence-electron chi connectivity index (χ3n) is 2.11. The van der Waals surface area contributed by atoms with Crippen molar-refractivity contribution in [1.29, 1.82) is 0 Å². The Morgan fingerprint density at radius 1 is 1.18 bits per heavy atom. The summed E-state index contributed by atoms with van der Waals surface area (Å²) in [5.74, 6) is -0.180. The van der Waals surface area contributed by atoms with E-state index in [2.05, 4.69) is 4.74 Å². The van der Waals surface area contributed by atoms with Crippen LogP contribution in [0.3, 0.4) is 0 Å². The van der Waals surface area contributed by atoms with Gasteiger partial charge in [-0.2, -0.15) is 0 Å². The van der Waals surface area contributed by atoms with Crippen LogP contribution in [0.15, 0.2) is 24.0 Å². The number of benzene rings is 1. The van der Waals surface area contributed by atoms with Crippen LogP contribution in [-0.4, -0.2) is 32.4 Å². The van der Waals surface area contributed by atoms with Crippen molar-refractivity contribution >= 4 is 12.0 Å². The molecular formula is C12H14O5. The highest BCUT2D eigenvalue weighted by Gasteiger charge is 2.08. The molecule has 0 heterocycles. The van der Waals surface area contributed by atoms with E-state index in [0.29, 0.717) is 17.1 Å². The summed E-state index contributed by atoms with van der Waals surface area (Å²) in [5, 5.41) is 9.38. The Morgan fingerprint density at radius 3 is 2.35 bits per heavy atom. The maximum absolute atomic E-state index is 11.0. The van der Waals surface area contributed by atoms with E-state index in [0.717, 1.165) is 0 Å². The van der Waals surface area contributed by atoms with Gasteiger partial charge in [0.2, 0.25) is 5.76 Å². The molecule has 0 saturated heterocycles. The zero-order chi connectivity index (χ0) is 12.8. The zero-order valence-corrected chi connectivity index (χ0v) is 9.89. The van der Waals surface area contributed by atoms with Gasteiger partial charge in [-0.05, 0) is 23.8 Å². The van der Waals surface area contributed by atoms with Gasteiger partial charge in [0.25, 0.3) is 0 Å². The summed E-state index contributed by atoms with van der Waals surface area (Å²) < 4.78 is 14.5. The number of aliphatic hydroxyl groups is 1. The smallest absolute Gasteiger partial charge is 0.373 e. The first kappa shape index (κ1) is 12.9. The van der Waals surface area contributed by atoms with Crippen LogP contribution in [0, 0.1) is 0 Å². The van der Waals surface area contributed by atoms with Crippen molar-refractivity contribution in [3.05, 3.63) is 29.5 Å². The molecule has 5 heteroatoms. The summed E-state index contributed by atoms with van der Waals surface area (Å²) in [6.07, 6.45) is 1.29. The summed E-state index contributed by atoms with van der Waals surface area (Å²) in [4.78, 5) is 11.0. The highest BCUT2D eigenvalue weighted by molar-refractivity contribution is 5.90. The van der Waals surface area contributed by atoms with E-state index in [1.807, 2.05) is 0 Å². The lowest BCUT2D eigenvalue weighted by atomic mass is 10.2. The van der Waals surface area contributed by atoms with Gasteiger partial charge < -0.3 is 19.3 Å². The van der Waals surface area contributed by atoms with Gasteiger partial charge in [-0.15, -0.1) is 0 Å².